The molecule has 0 radical (unpaired) electrons. The van der Waals surface area contributed by atoms with Crippen molar-refractivity contribution in [2.45, 2.75) is 0 Å². The fraction of sp³-hybridized carbons (Fsp3) is 0. The molecule has 0 aliphatic rings. The zero-order valence-corrected chi connectivity index (χ0v) is 12.8. The number of anilines is 1. The van der Waals surface area contributed by atoms with Gasteiger partial charge in [0.25, 0.3) is 5.69 Å². The first-order valence-electron chi connectivity index (χ1n) is 7.26. The van der Waals surface area contributed by atoms with Gasteiger partial charge in [-0.3, -0.25) is 25.7 Å². The summed E-state index contributed by atoms with van der Waals surface area (Å²) in [7, 11) is 0. The van der Waals surface area contributed by atoms with Crippen LogP contribution >= 0.6 is 0 Å². The Labute approximate surface area is 141 Å². The number of nitrogens with zero attached hydrogens (tertiary/aromatic N) is 3. The average Bonchev–Trinajstić information content (AvgIpc) is 2.61. The van der Waals surface area contributed by atoms with Crippen LogP contribution in [0.5, 0.6) is 0 Å². The summed E-state index contributed by atoms with van der Waals surface area (Å²) in [5.41, 5.74) is 2.73. The molecule has 3 rings (SSSR count). The van der Waals surface area contributed by atoms with E-state index >= 15 is 0 Å². The monoisotopic (exact) mass is 336 g/mol. The average molecular weight is 336 g/mol. The van der Waals surface area contributed by atoms with E-state index in [2.05, 4.69) is 10.5 Å². The Hall–Kier alpha value is -3.81. The van der Waals surface area contributed by atoms with Gasteiger partial charge >= 0.3 is 5.69 Å². The summed E-state index contributed by atoms with van der Waals surface area (Å²) in [4.78, 5) is 20.5. The normalized spacial score (nSPS) is 10.9. The highest BCUT2D eigenvalue weighted by Crippen LogP contribution is 2.29. The van der Waals surface area contributed by atoms with Gasteiger partial charge in [-0.25, -0.2) is 0 Å². The van der Waals surface area contributed by atoms with Gasteiger partial charge in [-0.05, 0) is 16.8 Å². The van der Waals surface area contributed by atoms with Crippen LogP contribution in [0.4, 0.5) is 17.1 Å². The number of hydrazone groups is 1. The van der Waals surface area contributed by atoms with Crippen LogP contribution in [0.25, 0.3) is 10.8 Å². The molecule has 0 aromatic heterocycles. The Balaban J connectivity index is 1.89. The molecule has 1 N–H and O–H groups in total. The summed E-state index contributed by atoms with van der Waals surface area (Å²) in [6, 6.07) is 16.8. The Morgan fingerprint density at radius 3 is 2.44 bits per heavy atom. The Bertz CT molecular complexity index is 996. The first kappa shape index (κ1) is 16.1. The summed E-state index contributed by atoms with van der Waals surface area (Å²) in [5, 5.41) is 27.9. The molecule has 0 aliphatic carbocycles. The van der Waals surface area contributed by atoms with Crippen LogP contribution in [0, 0.1) is 20.2 Å². The number of nitrogens with one attached hydrogen (secondary N) is 1. The van der Waals surface area contributed by atoms with Crippen molar-refractivity contribution in [1.29, 1.82) is 0 Å². The third-order valence-corrected chi connectivity index (χ3v) is 3.60. The van der Waals surface area contributed by atoms with Crippen LogP contribution in [0.1, 0.15) is 5.56 Å². The fourth-order valence-corrected chi connectivity index (χ4v) is 2.41. The number of benzene rings is 3. The van der Waals surface area contributed by atoms with Crippen molar-refractivity contribution < 1.29 is 9.85 Å². The van der Waals surface area contributed by atoms with Crippen molar-refractivity contribution in [2.75, 3.05) is 5.43 Å². The van der Waals surface area contributed by atoms with Crippen LogP contribution < -0.4 is 5.43 Å². The summed E-state index contributed by atoms with van der Waals surface area (Å²) in [5.74, 6) is 0. The number of nitro groups is 2. The molecular weight excluding hydrogens is 324 g/mol. The van der Waals surface area contributed by atoms with Crippen molar-refractivity contribution in [3.8, 4) is 0 Å². The second-order valence-corrected chi connectivity index (χ2v) is 5.15. The molecule has 8 heteroatoms. The molecule has 0 saturated heterocycles. The number of rotatable bonds is 5. The van der Waals surface area contributed by atoms with Gasteiger partial charge in [0.15, 0.2) is 0 Å². The van der Waals surface area contributed by atoms with E-state index in [1.165, 1.54) is 12.1 Å². The highest BCUT2D eigenvalue weighted by molar-refractivity contribution is 5.99. The topological polar surface area (TPSA) is 111 Å². The highest BCUT2D eigenvalue weighted by Gasteiger charge is 2.19. The molecule has 0 bridgehead atoms. The maximum atomic E-state index is 11.1. The smallest absolute Gasteiger partial charge is 0.272 e. The van der Waals surface area contributed by atoms with Gasteiger partial charge in [0.1, 0.15) is 5.69 Å². The first-order chi connectivity index (χ1) is 12.1. The molecule has 0 spiro atoms. The molecule has 0 saturated carbocycles. The van der Waals surface area contributed by atoms with E-state index in [0.29, 0.717) is 0 Å². The SMILES string of the molecule is O=[N+]([O-])c1ccc(N/N=C\c2cccc3ccccc23)c([N+](=O)[O-])c1. The second-order valence-electron chi connectivity index (χ2n) is 5.15. The fourth-order valence-electron chi connectivity index (χ4n) is 2.41. The van der Waals surface area contributed by atoms with Crippen LogP contribution in [0.15, 0.2) is 65.8 Å². The number of non-ortho nitro benzene ring substituents is 1. The third-order valence-electron chi connectivity index (χ3n) is 3.60. The molecule has 0 heterocycles. The predicted molar refractivity (Wildman–Crippen MR) is 94.9 cm³/mol. The van der Waals surface area contributed by atoms with E-state index in [1.807, 2.05) is 42.5 Å². The van der Waals surface area contributed by atoms with Crippen LogP contribution in [0.2, 0.25) is 0 Å². The third kappa shape index (κ3) is 3.42. The van der Waals surface area contributed by atoms with E-state index in [-0.39, 0.29) is 11.4 Å². The summed E-state index contributed by atoms with van der Waals surface area (Å²) >= 11 is 0. The van der Waals surface area contributed by atoms with Gasteiger partial charge in [0, 0.05) is 11.6 Å². The first-order valence-corrected chi connectivity index (χ1v) is 7.26. The Morgan fingerprint density at radius 2 is 1.68 bits per heavy atom. The van der Waals surface area contributed by atoms with Crippen LogP contribution in [-0.4, -0.2) is 16.1 Å². The molecule has 3 aromatic carbocycles. The molecule has 0 aliphatic heterocycles. The van der Waals surface area contributed by atoms with E-state index in [0.717, 1.165) is 22.4 Å². The zero-order chi connectivity index (χ0) is 17.8. The molecule has 0 unspecified atom stereocenters. The van der Waals surface area contributed by atoms with Gasteiger partial charge < -0.3 is 0 Å². The standard InChI is InChI=1S/C17H12N4O4/c22-20(23)14-8-9-16(17(10-14)21(24)25)19-18-11-13-6-3-5-12-4-1-2-7-15(12)13/h1-11,19H/b18-11-. The summed E-state index contributed by atoms with van der Waals surface area (Å²) in [6.45, 7) is 0. The van der Waals surface area contributed by atoms with Gasteiger partial charge in [-0.15, -0.1) is 0 Å². The van der Waals surface area contributed by atoms with Crippen molar-refractivity contribution in [3.05, 3.63) is 86.5 Å². The summed E-state index contributed by atoms with van der Waals surface area (Å²) in [6.07, 6.45) is 1.55. The van der Waals surface area contributed by atoms with Crippen molar-refractivity contribution in [2.24, 2.45) is 5.10 Å². The van der Waals surface area contributed by atoms with Gasteiger partial charge in [-0.2, -0.15) is 5.10 Å². The minimum absolute atomic E-state index is 0.0760. The second kappa shape index (κ2) is 6.75. The lowest BCUT2D eigenvalue weighted by Gasteiger charge is -2.03. The van der Waals surface area contributed by atoms with Gasteiger partial charge in [0.2, 0.25) is 0 Å². The maximum Gasteiger partial charge on any atom is 0.301 e. The molecule has 124 valence electrons. The molecule has 0 atom stereocenters. The van der Waals surface area contributed by atoms with E-state index < -0.39 is 15.5 Å². The summed E-state index contributed by atoms with van der Waals surface area (Å²) < 4.78 is 0. The van der Waals surface area contributed by atoms with E-state index in [9.17, 15) is 20.2 Å². The zero-order valence-electron chi connectivity index (χ0n) is 12.8. The van der Waals surface area contributed by atoms with Crippen LogP contribution in [0.3, 0.4) is 0 Å². The number of hydrogen-bond acceptors (Lipinski definition) is 6. The van der Waals surface area contributed by atoms with E-state index in [4.69, 9.17) is 0 Å². The lowest BCUT2D eigenvalue weighted by Crippen LogP contribution is -1.98. The van der Waals surface area contributed by atoms with Gasteiger partial charge in [0.05, 0.1) is 22.1 Å². The molecule has 25 heavy (non-hydrogen) atoms. The lowest BCUT2D eigenvalue weighted by molar-refractivity contribution is -0.393. The predicted octanol–water partition coefficient (Wildman–Crippen LogP) is 4.10. The maximum absolute atomic E-state index is 11.1. The minimum Gasteiger partial charge on any atom is -0.272 e. The quantitative estimate of drug-likeness (QED) is 0.428. The van der Waals surface area contributed by atoms with Gasteiger partial charge in [-0.1, -0.05) is 42.5 Å². The van der Waals surface area contributed by atoms with Crippen molar-refractivity contribution >= 4 is 34.0 Å². The molecule has 0 fully saturated rings. The minimum atomic E-state index is -0.692. The number of nitro benzene ring substituents is 2. The van der Waals surface area contributed by atoms with Crippen molar-refractivity contribution in [1.82, 2.24) is 0 Å². The molecule has 0 amide bonds. The molecule has 8 nitrogen and oxygen atoms in total. The largest absolute Gasteiger partial charge is 0.301 e. The van der Waals surface area contributed by atoms with Crippen LogP contribution in [-0.2, 0) is 0 Å². The molecular formula is C17H12N4O4. The Kier molecular flexibility index (Phi) is 4.34. The lowest BCUT2D eigenvalue weighted by atomic mass is 10.1. The highest BCUT2D eigenvalue weighted by atomic mass is 16.6. The number of fused-ring (bicyclic) bond motifs is 1. The van der Waals surface area contributed by atoms with Crippen molar-refractivity contribution in [3.63, 3.8) is 0 Å². The Morgan fingerprint density at radius 1 is 0.920 bits per heavy atom. The molecule has 3 aromatic rings. The number of hydrogen-bond donors (Lipinski definition) is 1. The van der Waals surface area contributed by atoms with E-state index in [1.54, 1.807) is 6.21 Å².